The summed E-state index contributed by atoms with van der Waals surface area (Å²) in [6, 6.07) is 8.02. The van der Waals surface area contributed by atoms with Crippen molar-refractivity contribution in [3.8, 4) is 0 Å². The van der Waals surface area contributed by atoms with E-state index < -0.39 is 0 Å². The minimum Gasteiger partial charge on any atom is -0.393 e. The lowest BCUT2D eigenvalue weighted by Gasteiger charge is -2.22. The zero-order chi connectivity index (χ0) is 15.5. The van der Waals surface area contributed by atoms with Crippen LogP contribution in [0.4, 0.5) is 23.0 Å². The zero-order valence-corrected chi connectivity index (χ0v) is 12.9. The van der Waals surface area contributed by atoms with Crippen LogP contribution in [0.1, 0.15) is 26.3 Å². The highest BCUT2D eigenvalue weighted by Gasteiger charge is 2.12. The summed E-state index contributed by atoms with van der Waals surface area (Å²) in [6.07, 6.45) is 1.47. The molecule has 1 aromatic heterocycles. The Labute approximate surface area is 125 Å². The molecule has 112 valence electrons. The van der Waals surface area contributed by atoms with Gasteiger partial charge in [-0.1, -0.05) is 17.7 Å². The molecule has 21 heavy (non-hydrogen) atoms. The first-order valence-electron chi connectivity index (χ1n) is 6.82. The molecule has 0 unspecified atom stereocenters. The van der Waals surface area contributed by atoms with Crippen LogP contribution in [0.3, 0.4) is 0 Å². The van der Waals surface area contributed by atoms with Gasteiger partial charge in [-0.25, -0.2) is 15.4 Å². The van der Waals surface area contributed by atoms with Crippen molar-refractivity contribution in [3.05, 3.63) is 36.2 Å². The van der Waals surface area contributed by atoms with Gasteiger partial charge in [-0.05, 0) is 39.8 Å². The van der Waals surface area contributed by atoms with Crippen LogP contribution in [0, 0.1) is 6.92 Å². The first-order valence-corrected chi connectivity index (χ1v) is 6.82. The summed E-state index contributed by atoms with van der Waals surface area (Å²) < 4.78 is 0. The highest BCUT2D eigenvalue weighted by molar-refractivity contribution is 5.77. The second-order valence-corrected chi connectivity index (χ2v) is 5.98. The standard InChI is InChI=1S/C15H22N6/c1-10-5-7-11(8-6-10)19-13-12(16)14(18-9-17-13)20-21-15(2,3)4/h5-9,21H,16H2,1-4H3,(H2,17,18,19,20). The molecular weight excluding hydrogens is 264 g/mol. The van der Waals surface area contributed by atoms with E-state index in [-0.39, 0.29) is 5.54 Å². The van der Waals surface area contributed by atoms with Gasteiger partial charge in [-0.3, -0.25) is 0 Å². The van der Waals surface area contributed by atoms with Gasteiger partial charge in [-0.2, -0.15) is 0 Å². The molecule has 0 fully saturated rings. The highest BCUT2D eigenvalue weighted by atomic mass is 15.4. The number of rotatable bonds is 4. The molecule has 0 amide bonds. The molecule has 6 nitrogen and oxygen atoms in total. The molecule has 0 aliphatic carbocycles. The third kappa shape index (κ3) is 4.32. The fourth-order valence-electron chi connectivity index (χ4n) is 1.62. The average Bonchev–Trinajstić information content (AvgIpc) is 2.41. The molecule has 6 heteroatoms. The number of aromatic nitrogens is 2. The van der Waals surface area contributed by atoms with E-state index in [0.717, 1.165) is 5.69 Å². The summed E-state index contributed by atoms with van der Waals surface area (Å²) >= 11 is 0. The predicted octanol–water partition coefficient (Wildman–Crippen LogP) is 2.83. The van der Waals surface area contributed by atoms with E-state index in [0.29, 0.717) is 17.3 Å². The number of benzene rings is 1. The van der Waals surface area contributed by atoms with Gasteiger partial charge >= 0.3 is 0 Å². The molecule has 0 saturated carbocycles. The third-order valence-electron chi connectivity index (χ3n) is 2.75. The molecule has 2 rings (SSSR count). The van der Waals surface area contributed by atoms with Crippen molar-refractivity contribution in [1.29, 1.82) is 0 Å². The van der Waals surface area contributed by atoms with Gasteiger partial charge in [0.25, 0.3) is 0 Å². The van der Waals surface area contributed by atoms with E-state index in [2.05, 4.69) is 26.1 Å². The minimum absolute atomic E-state index is 0.0953. The second kappa shape index (κ2) is 5.97. The van der Waals surface area contributed by atoms with Crippen molar-refractivity contribution in [2.75, 3.05) is 16.5 Å². The third-order valence-corrected chi connectivity index (χ3v) is 2.75. The Morgan fingerprint density at radius 1 is 1.00 bits per heavy atom. The summed E-state index contributed by atoms with van der Waals surface area (Å²) in [6.45, 7) is 8.18. The molecule has 0 aliphatic rings. The Hall–Kier alpha value is -2.34. The molecule has 0 spiro atoms. The number of nitrogens with zero attached hydrogens (tertiary/aromatic N) is 2. The van der Waals surface area contributed by atoms with Crippen LogP contribution in [0.15, 0.2) is 30.6 Å². The summed E-state index contributed by atoms with van der Waals surface area (Å²) in [5.41, 5.74) is 14.8. The van der Waals surface area contributed by atoms with Crippen LogP contribution in [0.25, 0.3) is 0 Å². The lowest BCUT2D eigenvalue weighted by atomic mass is 10.1. The Balaban J connectivity index is 2.15. The van der Waals surface area contributed by atoms with Crippen LogP contribution in [-0.2, 0) is 0 Å². The van der Waals surface area contributed by atoms with Crippen molar-refractivity contribution < 1.29 is 0 Å². The van der Waals surface area contributed by atoms with Crippen molar-refractivity contribution in [1.82, 2.24) is 15.4 Å². The van der Waals surface area contributed by atoms with Gasteiger partial charge < -0.3 is 16.5 Å². The SMILES string of the molecule is Cc1ccc(Nc2ncnc(NNC(C)(C)C)c2N)cc1. The summed E-state index contributed by atoms with van der Waals surface area (Å²) in [4.78, 5) is 8.33. The number of hydrogen-bond acceptors (Lipinski definition) is 6. The maximum Gasteiger partial charge on any atom is 0.169 e. The second-order valence-electron chi connectivity index (χ2n) is 5.98. The highest BCUT2D eigenvalue weighted by Crippen LogP contribution is 2.25. The topological polar surface area (TPSA) is 87.9 Å². The van der Waals surface area contributed by atoms with E-state index in [9.17, 15) is 0 Å². The first kappa shape index (κ1) is 15.1. The number of nitrogen functional groups attached to an aromatic ring is 1. The van der Waals surface area contributed by atoms with Gasteiger partial charge in [0, 0.05) is 11.2 Å². The zero-order valence-electron chi connectivity index (χ0n) is 12.9. The number of hydrazine groups is 1. The van der Waals surface area contributed by atoms with Crippen molar-refractivity contribution in [2.24, 2.45) is 0 Å². The lowest BCUT2D eigenvalue weighted by molar-refractivity contribution is 0.464. The normalized spacial score (nSPS) is 11.2. The molecule has 5 N–H and O–H groups in total. The smallest absolute Gasteiger partial charge is 0.169 e. The summed E-state index contributed by atoms with van der Waals surface area (Å²) in [5.74, 6) is 1.13. The largest absolute Gasteiger partial charge is 0.393 e. The average molecular weight is 286 g/mol. The van der Waals surface area contributed by atoms with Gasteiger partial charge in [0.2, 0.25) is 0 Å². The number of aryl methyl sites for hydroxylation is 1. The fraction of sp³-hybridized carbons (Fsp3) is 0.333. The maximum atomic E-state index is 6.10. The van der Waals surface area contributed by atoms with Gasteiger partial charge in [-0.15, -0.1) is 0 Å². The molecule has 1 aromatic carbocycles. The van der Waals surface area contributed by atoms with E-state index in [1.165, 1.54) is 11.9 Å². The van der Waals surface area contributed by atoms with E-state index >= 15 is 0 Å². The van der Waals surface area contributed by atoms with Crippen molar-refractivity contribution in [2.45, 2.75) is 33.2 Å². The monoisotopic (exact) mass is 286 g/mol. The Bertz CT molecular complexity index is 601. The van der Waals surface area contributed by atoms with Crippen LogP contribution in [-0.4, -0.2) is 15.5 Å². The number of nitrogens with one attached hydrogen (secondary N) is 3. The van der Waals surface area contributed by atoms with Crippen LogP contribution < -0.4 is 21.9 Å². The van der Waals surface area contributed by atoms with E-state index in [1.54, 1.807) is 0 Å². The van der Waals surface area contributed by atoms with Gasteiger partial charge in [0.15, 0.2) is 11.6 Å². The summed E-state index contributed by atoms with van der Waals surface area (Å²) in [7, 11) is 0. The van der Waals surface area contributed by atoms with Gasteiger partial charge in [0.05, 0.1) is 0 Å². The first-order chi connectivity index (χ1) is 9.85. The molecule has 2 aromatic rings. The van der Waals surface area contributed by atoms with E-state index in [4.69, 9.17) is 5.73 Å². The lowest BCUT2D eigenvalue weighted by Crippen LogP contribution is -2.40. The van der Waals surface area contributed by atoms with Crippen molar-refractivity contribution in [3.63, 3.8) is 0 Å². The quantitative estimate of drug-likeness (QED) is 0.646. The molecule has 0 radical (unpaired) electrons. The Morgan fingerprint density at radius 3 is 2.24 bits per heavy atom. The maximum absolute atomic E-state index is 6.10. The van der Waals surface area contributed by atoms with Crippen molar-refractivity contribution >= 4 is 23.0 Å². The van der Waals surface area contributed by atoms with Crippen LogP contribution >= 0.6 is 0 Å². The summed E-state index contributed by atoms with van der Waals surface area (Å²) in [5, 5.41) is 3.19. The van der Waals surface area contributed by atoms with E-state index in [1.807, 2.05) is 52.0 Å². The Morgan fingerprint density at radius 2 is 1.62 bits per heavy atom. The number of nitrogens with two attached hydrogens (primary N) is 1. The van der Waals surface area contributed by atoms with Crippen LogP contribution in [0.2, 0.25) is 0 Å². The number of hydrogen-bond donors (Lipinski definition) is 4. The molecule has 0 saturated heterocycles. The van der Waals surface area contributed by atoms with Gasteiger partial charge in [0.1, 0.15) is 12.0 Å². The molecule has 0 atom stereocenters. The Kier molecular flexibility index (Phi) is 4.28. The number of anilines is 4. The molecule has 1 heterocycles. The minimum atomic E-state index is -0.0953. The fourth-order valence-corrected chi connectivity index (χ4v) is 1.62. The predicted molar refractivity (Wildman–Crippen MR) is 87.4 cm³/mol. The van der Waals surface area contributed by atoms with Crippen LogP contribution in [0.5, 0.6) is 0 Å². The molecular formula is C15H22N6. The molecule has 0 aliphatic heterocycles. The molecule has 0 bridgehead atoms.